The van der Waals surface area contributed by atoms with Crippen LogP contribution in [0.2, 0.25) is 0 Å². The van der Waals surface area contributed by atoms with E-state index >= 15 is 0 Å². The van der Waals surface area contributed by atoms with E-state index in [0.717, 1.165) is 5.69 Å². The maximum atomic E-state index is 12.8. The molecule has 1 aliphatic rings. The summed E-state index contributed by atoms with van der Waals surface area (Å²) in [4.78, 5) is 26.6. The Labute approximate surface area is 132 Å². The van der Waals surface area contributed by atoms with Gasteiger partial charge in [0.15, 0.2) is 0 Å². The smallest absolute Gasteiger partial charge is 0.270 e. The van der Waals surface area contributed by atoms with Gasteiger partial charge in [-0.2, -0.15) is 0 Å². The molecule has 124 valence electrons. The number of aliphatic hydroxyl groups excluding tert-OH is 1. The van der Waals surface area contributed by atoms with Crippen LogP contribution in [0.15, 0.2) is 9.32 Å². The van der Waals surface area contributed by atoms with E-state index < -0.39 is 0 Å². The first-order valence-electron chi connectivity index (χ1n) is 7.72. The van der Waals surface area contributed by atoms with Gasteiger partial charge in [-0.15, -0.1) is 0 Å². The largest absolute Gasteiger partial charge is 0.394 e. The van der Waals surface area contributed by atoms with Crippen LogP contribution in [0.1, 0.15) is 40.0 Å². The van der Waals surface area contributed by atoms with Gasteiger partial charge in [0, 0.05) is 12.1 Å². The highest BCUT2D eigenvalue weighted by molar-refractivity contribution is 5.96. The quantitative estimate of drug-likeness (QED) is 0.839. The number of H-pyrrole nitrogens is 1. The van der Waals surface area contributed by atoms with Crippen molar-refractivity contribution in [2.75, 3.05) is 13.2 Å². The van der Waals surface area contributed by atoms with Crippen molar-refractivity contribution in [3.63, 3.8) is 0 Å². The number of amides is 1. The number of rotatable bonds is 4. The molecule has 1 amide bonds. The fourth-order valence-electron chi connectivity index (χ4n) is 3.00. The van der Waals surface area contributed by atoms with Crippen LogP contribution in [0, 0.1) is 6.92 Å². The van der Waals surface area contributed by atoms with Crippen molar-refractivity contribution in [2.24, 2.45) is 0 Å². The maximum absolute atomic E-state index is 12.8. The van der Waals surface area contributed by atoms with Crippen LogP contribution in [0.3, 0.4) is 0 Å². The second-order valence-electron chi connectivity index (χ2n) is 5.64. The highest BCUT2D eigenvalue weighted by Crippen LogP contribution is 2.21. The summed E-state index contributed by atoms with van der Waals surface area (Å²) in [5.74, 6) is 0.394. The lowest BCUT2D eigenvalue weighted by atomic mass is 10.1. The molecule has 0 atom stereocenters. The molecule has 0 aliphatic carbocycles. The SMILES string of the molecule is CCc1noc(C)c1C(=O)N1CCc2c([nH]n(CCO)c2=O)C1. The van der Waals surface area contributed by atoms with Crippen molar-refractivity contribution >= 4 is 5.91 Å². The zero-order valence-electron chi connectivity index (χ0n) is 13.3. The zero-order chi connectivity index (χ0) is 16.6. The fraction of sp³-hybridized carbons (Fsp3) is 0.533. The van der Waals surface area contributed by atoms with Gasteiger partial charge in [0.2, 0.25) is 0 Å². The minimum atomic E-state index is -0.123. The van der Waals surface area contributed by atoms with Crippen molar-refractivity contribution in [1.29, 1.82) is 0 Å². The predicted octanol–water partition coefficient (Wildman–Crippen LogP) is 0.226. The van der Waals surface area contributed by atoms with Crippen LogP contribution in [-0.4, -0.2) is 44.0 Å². The van der Waals surface area contributed by atoms with Crippen molar-refractivity contribution in [2.45, 2.75) is 39.8 Å². The molecular formula is C15H20N4O4. The summed E-state index contributed by atoms with van der Waals surface area (Å²) in [5.41, 5.74) is 2.49. The number of aromatic nitrogens is 3. The first kappa shape index (κ1) is 15.5. The van der Waals surface area contributed by atoms with Crippen LogP contribution in [0.4, 0.5) is 0 Å². The number of hydrogen-bond donors (Lipinski definition) is 2. The van der Waals surface area contributed by atoms with Gasteiger partial charge in [-0.3, -0.25) is 19.4 Å². The van der Waals surface area contributed by atoms with Gasteiger partial charge in [-0.25, -0.2) is 0 Å². The molecule has 0 saturated heterocycles. The summed E-state index contributed by atoms with van der Waals surface area (Å²) in [5, 5.41) is 15.9. The van der Waals surface area contributed by atoms with E-state index in [1.54, 1.807) is 11.8 Å². The van der Waals surface area contributed by atoms with Gasteiger partial charge >= 0.3 is 0 Å². The third-order valence-corrected chi connectivity index (χ3v) is 4.21. The fourth-order valence-corrected chi connectivity index (χ4v) is 3.00. The van der Waals surface area contributed by atoms with Crippen molar-refractivity contribution in [3.05, 3.63) is 38.6 Å². The van der Waals surface area contributed by atoms with E-state index in [-0.39, 0.29) is 24.6 Å². The van der Waals surface area contributed by atoms with Crippen LogP contribution in [0.25, 0.3) is 0 Å². The molecule has 0 saturated carbocycles. The van der Waals surface area contributed by atoms with E-state index in [9.17, 15) is 9.59 Å². The lowest BCUT2D eigenvalue weighted by Gasteiger charge is -2.26. The molecule has 0 aromatic carbocycles. The van der Waals surface area contributed by atoms with Gasteiger partial charge in [-0.1, -0.05) is 12.1 Å². The first-order chi connectivity index (χ1) is 11.1. The van der Waals surface area contributed by atoms with Crippen LogP contribution < -0.4 is 5.56 Å². The van der Waals surface area contributed by atoms with Crippen LogP contribution in [0.5, 0.6) is 0 Å². The van der Waals surface area contributed by atoms with Crippen LogP contribution >= 0.6 is 0 Å². The lowest BCUT2D eigenvalue weighted by Crippen LogP contribution is -2.37. The summed E-state index contributed by atoms with van der Waals surface area (Å²) < 4.78 is 6.53. The average Bonchev–Trinajstić information content (AvgIpc) is 3.07. The lowest BCUT2D eigenvalue weighted by molar-refractivity contribution is 0.0729. The third kappa shape index (κ3) is 2.59. The molecule has 0 unspecified atom stereocenters. The highest BCUT2D eigenvalue weighted by Gasteiger charge is 2.29. The summed E-state index contributed by atoms with van der Waals surface area (Å²) in [7, 11) is 0. The monoisotopic (exact) mass is 320 g/mol. The van der Waals surface area contributed by atoms with Crippen molar-refractivity contribution in [3.8, 4) is 0 Å². The predicted molar refractivity (Wildman–Crippen MR) is 81.2 cm³/mol. The molecule has 8 heteroatoms. The summed E-state index contributed by atoms with van der Waals surface area (Å²) in [6.45, 7) is 4.59. The normalized spacial score (nSPS) is 14.1. The Morgan fingerprint density at radius 3 is 2.96 bits per heavy atom. The highest BCUT2D eigenvalue weighted by atomic mass is 16.5. The summed E-state index contributed by atoms with van der Waals surface area (Å²) in [6.07, 6.45) is 1.13. The number of aliphatic hydroxyl groups is 1. The van der Waals surface area contributed by atoms with Crippen LogP contribution in [-0.2, 0) is 25.9 Å². The topological polar surface area (TPSA) is 104 Å². The average molecular weight is 320 g/mol. The summed E-state index contributed by atoms with van der Waals surface area (Å²) in [6, 6.07) is 0. The van der Waals surface area contributed by atoms with Gasteiger partial charge in [-0.05, 0) is 19.8 Å². The zero-order valence-corrected chi connectivity index (χ0v) is 13.3. The van der Waals surface area contributed by atoms with Crippen molar-refractivity contribution in [1.82, 2.24) is 19.8 Å². The second kappa shape index (κ2) is 6.04. The van der Waals surface area contributed by atoms with Crippen molar-refractivity contribution < 1.29 is 14.4 Å². The molecule has 2 aromatic heterocycles. The van der Waals surface area contributed by atoms with E-state index in [4.69, 9.17) is 9.63 Å². The number of nitrogens with zero attached hydrogens (tertiary/aromatic N) is 3. The number of hydrogen-bond acceptors (Lipinski definition) is 5. The Balaban J connectivity index is 1.87. The Hall–Kier alpha value is -2.35. The molecule has 0 radical (unpaired) electrons. The molecule has 2 aromatic rings. The molecule has 23 heavy (non-hydrogen) atoms. The summed E-state index contributed by atoms with van der Waals surface area (Å²) >= 11 is 0. The number of carbonyl (C=O) groups excluding carboxylic acids is 1. The standard InChI is InChI=1S/C15H20N4O4/c1-3-11-13(9(2)23-17-11)15(22)18-5-4-10-12(8-18)16-19(6-7-20)14(10)21/h16,20H,3-8H2,1-2H3. The molecule has 0 fully saturated rings. The van der Waals surface area contributed by atoms with Gasteiger partial charge in [0.1, 0.15) is 11.3 Å². The minimum Gasteiger partial charge on any atom is -0.394 e. The van der Waals surface area contributed by atoms with Gasteiger partial charge in [0.05, 0.1) is 31.1 Å². The maximum Gasteiger partial charge on any atom is 0.270 e. The minimum absolute atomic E-state index is 0.109. The Kier molecular flexibility index (Phi) is 4.08. The molecule has 2 N–H and O–H groups in total. The Bertz CT molecular complexity index is 786. The molecule has 3 rings (SSSR count). The number of nitrogens with one attached hydrogen (secondary N) is 1. The molecule has 1 aliphatic heterocycles. The van der Waals surface area contributed by atoms with Gasteiger partial charge < -0.3 is 14.5 Å². The third-order valence-electron chi connectivity index (χ3n) is 4.21. The number of fused-ring (bicyclic) bond motifs is 1. The number of aromatic amines is 1. The number of aryl methyl sites for hydroxylation is 2. The van der Waals surface area contributed by atoms with E-state index in [1.807, 2.05) is 6.92 Å². The second-order valence-corrected chi connectivity index (χ2v) is 5.64. The molecule has 3 heterocycles. The van der Waals surface area contributed by atoms with E-state index in [1.165, 1.54) is 4.68 Å². The Morgan fingerprint density at radius 2 is 2.26 bits per heavy atom. The van der Waals surface area contributed by atoms with E-state index in [0.29, 0.717) is 48.5 Å². The number of carbonyl (C=O) groups is 1. The Morgan fingerprint density at radius 1 is 1.48 bits per heavy atom. The van der Waals surface area contributed by atoms with E-state index in [2.05, 4.69) is 10.3 Å². The molecule has 0 spiro atoms. The van der Waals surface area contributed by atoms with Gasteiger partial charge in [0.25, 0.3) is 11.5 Å². The first-order valence-corrected chi connectivity index (χ1v) is 7.72. The molecular weight excluding hydrogens is 300 g/mol. The molecule has 8 nitrogen and oxygen atoms in total. The molecule has 0 bridgehead atoms.